The van der Waals surface area contributed by atoms with Crippen LogP contribution in [-0.4, -0.2) is 89.3 Å². The molecule has 2 saturated carbocycles. The summed E-state index contributed by atoms with van der Waals surface area (Å²) in [6.07, 6.45) is 10.9. The fourth-order valence-corrected chi connectivity index (χ4v) is 7.65. The molecule has 5 amide bonds. The Bertz CT molecular complexity index is 1380. The van der Waals surface area contributed by atoms with E-state index in [1.165, 1.54) is 17.0 Å². The number of likely N-dealkylation sites (tertiary alicyclic amines) is 1. The number of hydrogen-bond donors (Lipinski definition) is 9. The van der Waals surface area contributed by atoms with E-state index in [1.807, 2.05) is 0 Å². The maximum Gasteiger partial charge on any atom is 0.245 e. The molecule has 15 heteroatoms. The van der Waals surface area contributed by atoms with Crippen LogP contribution in [0.5, 0.6) is 5.75 Å². The lowest BCUT2D eigenvalue weighted by Crippen LogP contribution is -2.64. The quantitative estimate of drug-likeness (QED) is 0.0590. The van der Waals surface area contributed by atoms with Gasteiger partial charge in [-0.2, -0.15) is 0 Å². The van der Waals surface area contributed by atoms with Crippen molar-refractivity contribution < 1.29 is 29.1 Å². The first kappa shape index (κ1) is 40.4. The number of carbonyl (C=O) groups is 5. The summed E-state index contributed by atoms with van der Waals surface area (Å²) in [5.74, 6) is -1.79. The van der Waals surface area contributed by atoms with Crippen molar-refractivity contribution in [1.82, 2.24) is 26.2 Å². The predicted molar refractivity (Wildman–Crippen MR) is 196 cm³/mol. The van der Waals surface area contributed by atoms with Crippen molar-refractivity contribution in [3.8, 4) is 5.75 Å². The molecular formula is C37H59N9O6. The molecule has 1 aromatic rings. The van der Waals surface area contributed by atoms with Crippen LogP contribution in [0.4, 0.5) is 0 Å². The molecular weight excluding hydrogens is 666 g/mol. The molecule has 0 aromatic heterocycles. The van der Waals surface area contributed by atoms with Crippen LogP contribution in [0.25, 0.3) is 0 Å². The van der Waals surface area contributed by atoms with Gasteiger partial charge >= 0.3 is 0 Å². The Kier molecular flexibility index (Phi) is 15.5. The molecule has 52 heavy (non-hydrogen) atoms. The Morgan fingerprint density at radius 3 is 2.08 bits per heavy atom. The third-order valence-electron chi connectivity index (χ3n) is 11.0. The smallest absolute Gasteiger partial charge is 0.245 e. The average Bonchev–Trinajstić information content (AvgIpc) is 3.11. The van der Waals surface area contributed by atoms with E-state index in [9.17, 15) is 29.1 Å². The second kappa shape index (κ2) is 20.0. The summed E-state index contributed by atoms with van der Waals surface area (Å²) in [4.78, 5) is 68.8. The second-order valence-electron chi connectivity index (χ2n) is 14.8. The predicted octanol–water partition coefficient (Wildman–Crippen LogP) is 0.864. The van der Waals surface area contributed by atoms with Gasteiger partial charge in [-0.1, -0.05) is 44.2 Å². The fourth-order valence-electron chi connectivity index (χ4n) is 7.65. The van der Waals surface area contributed by atoms with Crippen LogP contribution in [0, 0.1) is 23.2 Å². The summed E-state index contributed by atoms with van der Waals surface area (Å²) in [6, 6.07) is 2.54. The van der Waals surface area contributed by atoms with Gasteiger partial charge in [0.05, 0.1) is 0 Å². The summed E-state index contributed by atoms with van der Waals surface area (Å²) in [5.41, 5.74) is 17.4. The highest BCUT2D eigenvalue weighted by atomic mass is 16.3. The van der Waals surface area contributed by atoms with Crippen LogP contribution in [0.15, 0.2) is 24.3 Å². The van der Waals surface area contributed by atoms with E-state index in [0.717, 1.165) is 57.8 Å². The molecule has 4 rings (SSSR count). The maximum absolute atomic E-state index is 14.1. The highest BCUT2D eigenvalue weighted by Crippen LogP contribution is 2.31. The Balaban J connectivity index is 1.44. The normalized spacial score (nSPS) is 22.2. The van der Waals surface area contributed by atoms with Gasteiger partial charge in [0, 0.05) is 25.4 Å². The van der Waals surface area contributed by atoms with Crippen LogP contribution >= 0.6 is 0 Å². The summed E-state index contributed by atoms with van der Waals surface area (Å²) in [5, 5.41) is 28.3. The lowest BCUT2D eigenvalue weighted by Gasteiger charge is -2.43. The van der Waals surface area contributed by atoms with Crippen molar-refractivity contribution in [2.75, 3.05) is 19.6 Å². The number of aromatic hydroxyl groups is 1. The van der Waals surface area contributed by atoms with Crippen molar-refractivity contribution in [2.24, 2.45) is 35.0 Å². The van der Waals surface area contributed by atoms with Gasteiger partial charge in [0.25, 0.3) is 0 Å². The third kappa shape index (κ3) is 12.1. The highest BCUT2D eigenvalue weighted by molar-refractivity contribution is 5.96. The molecule has 1 aliphatic heterocycles. The number of unbranched alkanes of at least 4 members (excludes halogenated alkanes) is 1. The van der Waals surface area contributed by atoms with Crippen molar-refractivity contribution >= 4 is 35.5 Å². The van der Waals surface area contributed by atoms with Crippen LogP contribution in [0.1, 0.15) is 95.5 Å². The molecule has 2 aliphatic carbocycles. The number of hydrogen-bond acceptors (Lipinski definition) is 8. The molecule has 12 N–H and O–H groups in total. The number of carbonyl (C=O) groups excluding carboxylic acids is 5. The topological polar surface area (TPSA) is 259 Å². The Morgan fingerprint density at radius 1 is 0.808 bits per heavy atom. The minimum Gasteiger partial charge on any atom is -0.508 e. The standard InChI is InChI=1S/C37H59N9O6/c38-22-25-9-13-26(14-10-25)33(49)45-30(21-23-6-2-1-3-7-23)36(52)46-19-17-31(46)35(51)44-29(20-24-11-15-27(47)16-12-24)34(50)43-28(32(39)48)8-4-5-18-42-37(40)41/h11-12,15-16,23,25-26,28-31,47H,1-10,13-14,17-22,38H2,(H2,39,48)(H,43,50)(H,44,51)(H,45,49)(H4,40,41,42). The molecule has 1 heterocycles. The van der Waals surface area contributed by atoms with Crippen LogP contribution in [0.3, 0.4) is 0 Å². The first-order chi connectivity index (χ1) is 24.9. The van der Waals surface area contributed by atoms with Crippen LogP contribution in [0.2, 0.25) is 0 Å². The number of amides is 5. The maximum atomic E-state index is 14.1. The Hall–Kier alpha value is -4.40. The van der Waals surface area contributed by atoms with Crippen molar-refractivity contribution in [2.45, 2.75) is 120 Å². The average molecular weight is 726 g/mol. The van der Waals surface area contributed by atoms with E-state index < -0.39 is 41.9 Å². The third-order valence-corrected chi connectivity index (χ3v) is 11.0. The van der Waals surface area contributed by atoms with Gasteiger partial charge < -0.3 is 48.5 Å². The zero-order valence-electron chi connectivity index (χ0n) is 30.2. The molecule has 288 valence electrons. The molecule has 1 aromatic carbocycles. The summed E-state index contributed by atoms with van der Waals surface area (Å²) < 4.78 is 0. The van der Waals surface area contributed by atoms with Gasteiger partial charge in [-0.3, -0.25) is 29.4 Å². The van der Waals surface area contributed by atoms with E-state index >= 15 is 0 Å². The molecule has 4 unspecified atom stereocenters. The van der Waals surface area contributed by atoms with Gasteiger partial charge in [0.15, 0.2) is 5.96 Å². The molecule has 3 aliphatic rings. The minimum absolute atomic E-state index is 0.0450. The Morgan fingerprint density at radius 2 is 1.48 bits per heavy atom. The van der Waals surface area contributed by atoms with Crippen molar-refractivity contribution in [1.29, 1.82) is 5.41 Å². The Labute approximate surface area is 306 Å². The monoisotopic (exact) mass is 725 g/mol. The number of benzene rings is 1. The SMILES string of the molecule is N=C(N)NCCCCC(NC(=O)C(Cc1ccc(O)cc1)NC(=O)C1CCN1C(=O)C(CC1CCCCC1)NC(=O)C1CCC(CN)CC1)C(N)=O. The number of nitrogens with two attached hydrogens (primary N) is 3. The zero-order chi connectivity index (χ0) is 37.6. The van der Waals surface area contributed by atoms with Gasteiger partial charge in [-0.15, -0.1) is 0 Å². The first-order valence-corrected chi connectivity index (χ1v) is 19.0. The van der Waals surface area contributed by atoms with Crippen LogP contribution in [-0.2, 0) is 30.4 Å². The van der Waals surface area contributed by atoms with Gasteiger partial charge in [-0.05, 0) is 93.9 Å². The largest absolute Gasteiger partial charge is 0.508 e. The number of guanidine groups is 1. The number of phenols is 1. The molecule has 1 saturated heterocycles. The van der Waals surface area contributed by atoms with Gasteiger partial charge in [0.1, 0.15) is 29.9 Å². The number of nitrogens with zero attached hydrogens (tertiary/aromatic N) is 1. The second-order valence-corrected chi connectivity index (χ2v) is 14.8. The molecule has 0 spiro atoms. The zero-order valence-corrected chi connectivity index (χ0v) is 30.2. The number of phenolic OH excluding ortho intramolecular Hbond substituents is 1. The van der Waals surface area contributed by atoms with Crippen molar-refractivity contribution in [3.63, 3.8) is 0 Å². The minimum atomic E-state index is -1.11. The van der Waals surface area contributed by atoms with Crippen LogP contribution < -0.4 is 38.5 Å². The van der Waals surface area contributed by atoms with E-state index in [1.54, 1.807) is 12.1 Å². The van der Waals surface area contributed by atoms with Gasteiger partial charge in [-0.25, -0.2) is 0 Å². The summed E-state index contributed by atoms with van der Waals surface area (Å²) in [7, 11) is 0. The van der Waals surface area contributed by atoms with E-state index in [4.69, 9.17) is 22.6 Å². The number of rotatable bonds is 18. The highest BCUT2D eigenvalue weighted by Gasteiger charge is 2.43. The van der Waals surface area contributed by atoms with Crippen molar-refractivity contribution in [3.05, 3.63) is 29.8 Å². The summed E-state index contributed by atoms with van der Waals surface area (Å²) in [6.45, 7) is 1.39. The first-order valence-electron chi connectivity index (χ1n) is 19.0. The van der Waals surface area contributed by atoms with Gasteiger partial charge in [0.2, 0.25) is 29.5 Å². The summed E-state index contributed by atoms with van der Waals surface area (Å²) >= 11 is 0. The fraction of sp³-hybridized carbons (Fsp3) is 0.676. The van der Waals surface area contributed by atoms with E-state index in [-0.39, 0.29) is 42.3 Å². The van der Waals surface area contributed by atoms with E-state index in [2.05, 4.69) is 21.3 Å². The molecule has 3 fully saturated rings. The molecule has 15 nitrogen and oxygen atoms in total. The number of primary amides is 1. The lowest BCUT2D eigenvalue weighted by molar-refractivity contribution is -0.151. The molecule has 4 atom stereocenters. The molecule has 0 bridgehead atoms. The number of nitrogens with one attached hydrogen (secondary N) is 5. The molecule has 0 radical (unpaired) electrons. The van der Waals surface area contributed by atoms with E-state index in [0.29, 0.717) is 62.7 Å². The lowest BCUT2D eigenvalue weighted by atomic mass is 9.81.